The molecule has 3 nitrogen and oxygen atoms in total. The van der Waals surface area contributed by atoms with E-state index in [1.807, 2.05) is 71.3 Å². The highest BCUT2D eigenvalue weighted by Crippen LogP contribution is 2.55. The van der Waals surface area contributed by atoms with Crippen LogP contribution >= 0.6 is 70.6 Å². The molecule has 0 N–H and O–H groups in total. The number of carbonyl (C=O) groups is 2. The smallest absolute Gasteiger partial charge is 0.211 e. The summed E-state index contributed by atoms with van der Waals surface area (Å²) in [7, 11) is 0. The van der Waals surface area contributed by atoms with Gasteiger partial charge in [0.05, 0.1) is 9.16 Å². The third kappa shape index (κ3) is 7.58. The van der Waals surface area contributed by atoms with Crippen molar-refractivity contribution in [2.24, 2.45) is 0 Å². The number of benzene rings is 2. The predicted molar refractivity (Wildman–Crippen MR) is 161 cm³/mol. The first-order valence-corrected chi connectivity index (χ1v) is 17.0. The predicted octanol–water partition coefficient (Wildman–Crippen LogP) is 8.06. The van der Waals surface area contributed by atoms with Gasteiger partial charge < -0.3 is 4.74 Å². The quantitative estimate of drug-likeness (QED) is 0.260. The highest BCUT2D eigenvalue weighted by atomic mass is 32.2. The van der Waals surface area contributed by atoms with Crippen molar-refractivity contribution in [2.75, 3.05) is 23.0 Å². The van der Waals surface area contributed by atoms with Crippen LogP contribution in [0.1, 0.15) is 20.3 Å². The highest BCUT2D eigenvalue weighted by molar-refractivity contribution is 8.21. The van der Waals surface area contributed by atoms with Crippen molar-refractivity contribution < 1.29 is 14.3 Å². The minimum absolute atomic E-state index is 0.0372. The molecule has 2 aliphatic heterocycles. The van der Waals surface area contributed by atoms with Gasteiger partial charge in [-0.25, -0.2) is 0 Å². The monoisotopic (exact) mass is 578 g/mol. The lowest BCUT2D eigenvalue weighted by Crippen LogP contribution is -2.06. The van der Waals surface area contributed by atoms with Crippen LogP contribution in [0.5, 0.6) is 11.5 Å². The molecule has 9 heteroatoms. The van der Waals surface area contributed by atoms with E-state index in [1.165, 1.54) is 46.8 Å². The van der Waals surface area contributed by atoms with Crippen LogP contribution in [-0.2, 0) is 9.59 Å². The van der Waals surface area contributed by atoms with E-state index in [9.17, 15) is 9.59 Å². The third-order valence-electron chi connectivity index (χ3n) is 5.22. The zero-order chi connectivity index (χ0) is 24.6. The number of hydrogen-bond acceptors (Lipinski definition) is 9. The molecule has 2 aromatic carbocycles. The zero-order valence-corrected chi connectivity index (χ0v) is 23.9. The van der Waals surface area contributed by atoms with Gasteiger partial charge in [0.1, 0.15) is 11.5 Å². The minimum Gasteiger partial charge on any atom is -0.457 e. The molecule has 0 bridgehead atoms. The molecule has 4 rings (SSSR count). The van der Waals surface area contributed by atoms with Crippen molar-refractivity contribution in [3.8, 4) is 11.5 Å². The molecule has 0 amide bonds. The van der Waals surface area contributed by atoms with Crippen LogP contribution < -0.4 is 4.74 Å². The Kier molecular flexibility index (Phi) is 10.6. The Morgan fingerprint density at radius 3 is 1.66 bits per heavy atom. The van der Waals surface area contributed by atoms with Crippen molar-refractivity contribution in [2.45, 2.75) is 19.7 Å². The maximum atomic E-state index is 11.6. The van der Waals surface area contributed by atoms with E-state index < -0.39 is 0 Å². The minimum atomic E-state index is 0.0372. The van der Waals surface area contributed by atoms with E-state index in [2.05, 4.69) is 37.4 Å². The summed E-state index contributed by atoms with van der Waals surface area (Å²) in [5, 5.41) is 0.923. The molecule has 0 spiro atoms. The lowest BCUT2D eigenvalue weighted by Gasteiger charge is -2.19. The summed E-state index contributed by atoms with van der Waals surface area (Å²) < 4.78 is 7.13. The van der Waals surface area contributed by atoms with Gasteiger partial charge in [0, 0.05) is 44.6 Å². The number of carbonyl (C=O) groups excluding carboxylic acids is 2. The van der Waals surface area contributed by atoms with Crippen molar-refractivity contribution in [3.05, 3.63) is 85.0 Å². The molecule has 2 aromatic rings. The van der Waals surface area contributed by atoms with Crippen LogP contribution in [0.2, 0.25) is 0 Å². The van der Waals surface area contributed by atoms with E-state index in [0.29, 0.717) is 10.5 Å². The number of thioether (sulfide) groups is 6. The Morgan fingerprint density at radius 2 is 1.23 bits per heavy atom. The molecule has 2 heterocycles. The van der Waals surface area contributed by atoms with Gasteiger partial charge in [-0.2, -0.15) is 0 Å². The van der Waals surface area contributed by atoms with Gasteiger partial charge in [-0.1, -0.05) is 73.1 Å². The van der Waals surface area contributed by atoms with Gasteiger partial charge in [-0.05, 0) is 24.3 Å². The standard InChI is InChI=1S/C26H26O3S6/c1-3-23(27)30-13-17-15-32-25(34-17)19-9-5-7-11-21(19)29-22-12-8-6-10-20(22)26-33-16-18(35-26)14-31-24(28)4-2/h3-12,17-18,25-26H,1-2,13-16H2. The van der Waals surface area contributed by atoms with Crippen LogP contribution in [0.3, 0.4) is 0 Å². The molecule has 0 aromatic heterocycles. The molecule has 4 unspecified atom stereocenters. The molecule has 2 saturated heterocycles. The summed E-state index contributed by atoms with van der Waals surface area (Å²) in [4.78, 5) is 23.2. The second-order valence-corrected chi connectivity index (χ2v) is 15.4. The topological polar surface area (TPSA) is 43.4 Å². The molecule has 2 fully saturated rings. The fourth-order valence-corrected chi connectivity index (χ4v) is 12.3. The summed E-state index contributed by atoms with van der Waals surface area (Å²) in [5.41, 5.74) is 2.37. The zero-order valence-electron chi connectivity index (χ0n) is 19.0. The lowest BCUT2D eigenvalue weighted by atomic mass is 10.2. The van der Waals surface area contributed by atoms with Gasteiger partial charge in [0.15, 0.2) is 0 Å². The second-order valence-electron chi connectivity index (χ2n) is 7.69. The SMILES string of the molecule is C=CC(=O)SCC1CSC(c2ccccc2Oc2ccccc2C2SCC(CSC(=O)C=C)S2)S1. The Hall–Kier alpha value is -0.840. The molecule has 2 aliphatic rings. The van der Waals surface area contributed by atoms with Gasteiger partial charge in [-0.3, -0.25) is 9.59 Å². The first kappa shape index (κ1) is 27.2. The molecule has 4 atom stereocenters. The summed E-state index contributed by atoms with van der Waals surface area (Å²) in [6, 6.07) is 16.6. The average Bonchev–Trinajstić information content (AvgIpc) is 3.56. The number of para-hydroxylation sites is 2. The van der Waals surface area contributed by atoms with E-state index in [-0.39, 0.29) is 19.4 Å². The van der Waals surface area contributed by atoms with Crippen LogP contribution in [0.15, 0.2) is 73.8 Å². The van der Waals surface area contributed by atoms with Crippen molar-refractivity contribution in [1.29, 1.82) is 0 Å². The molecular weight excluding hydrogens is 553 g/mol. The second kappa shape index (κ2) is 13.6. The molecule has 184 valence electrons. The first-order valence-electron chi connectivity index (χ1n) is 11.1. The first-order chi connectivity index (χ1) is 17.1. The van der Waals surface area contributed by atoms with Crippen LogP contribution in [0.25, 0.3) is 0 Å². The van der Waals surface area contributed by atoms with Gasteiger partial charge in [0.25, 0.3) is 0 Å². The highest BCUT2D eigenvalue weighted by Gasteiger charge is 2.32. The Labute approximate surface area is 232 Å². The average molecular weight is 579 g/mol. The van der Waals surface area contributed by atoms with Crippen molar-refractivity contribution in [3.63, 3.8) is 0 Å². The Balaban J connectivity index is 1.43. The number of ether oxygens (including phenoxy) is 1. The normalized spacial score (nSPS) is 23.7. The number of hydrogen-bond donors (Lipinski definition) is 0. The van der Waals surface area contributed by atoms with E-state index in [0.717, 1.165) is 34.5 Å². The molecule has 0 radical (unpaired) electrons. The van der Waals surface area contributed by atoms with Crippen molar-refractivity contribution >= 4 is 80.8 Å². The summed E-state index contributed by atoms with van der Waals surface area (Å²) in [6.45, 7) is 7.12. The van der Waals surface area contributed by atoms with Crippen LogP contribution in [0.4, 0.5) is 0 Å². The fourth-order valence-electron chi connectivity index (χ4n) is 3.52. The molecule has 0 saturated carbocycles. The largest absolute Gasteiger partial charge is 0.457 e. The van der Waals surface area contributed by atoms with E-state index >= 15 is 0 Å². The van der Waals surface area contributed by atoms with E-state index in [4.69, 9.17) is 4.74 Å². The molecular formula is C26H26O3S6. The van der Waals surface area contributed by atoms with Crippen LogP contribution in [0, 0.1) is 0 Å². The van der Waals surface area contributed by atoms with Gasteiger partial charge >= 0.3 is 0 Å². The summed E-state index contributed by atoms with van der Waals surface area (Å²) >= 11 is 10.3. The molecule has 0 aliphatic carbocycles. The molecule has 35 heavy (non-hydrogen) atoms. The van der Waals surface area contributed by atoms with E-state index in [1.54, 1.807) is 0 Å². The maximum absolute atomic E-state index is 11.6. The summed E-state index contributed by atoms with van der Waals surface area (Å²) in [6.07, 6.45) is 2.77. The lowest BCUT2D eigenvalue weighted by molar-refractivity contribution is -0.107. The van der Waals surface area contributed by atoms with Crippen LogP contribution in [-0.4, -0.2) is 43.7 Å². The summed E-state index contributed by atoms with van der Waals surface area (Å²) in [5.74, 6) is 5.41. The third-order valence-corrected chi connectivity index (χ3v) is 14.3. The van der Waals surface area contributed by atoms with Gasteiger partial charge in [-0.15, -0.1) is 47.0 Å². The fraction of sp³-hybridized carbons (Fsp3) is 0.308. The number of rotatable bonds is 10. The Bertz CT molecular complexity index is 991. The Morgan fingerprint density at radius 1 is 0.800 bits per heavy atom. The van der Waals surface area contributed by atoms with Crippen molar-refractivity contribution in [1.82, 2.24) is 0 Å². The maximum Gasteiger partial charge on any atom is 0.211 e. The van der Waals surface area contributed by atoms with Gasteiger partial charge in [0.2, 0.25) is 10.2 Å².